The van der Waals surface area contributed by atoms with Gasteiger partial charge in [-0.1, -0.05) is 103 Å². The van der Waals surface area contributed by atoms with E-state index in [0.29, 0.717) is 0 Å². The van der Waals surface area contributed by atoms with E-state index in [1.54, 1.807) is 0 Å². The van der Waals surface area contributed by atoms with Crippen LogP contribution in [-0.4, -0.2) is 5.11 Å². The normalized spacial score (nSPS) is 12.8. The molecule has 0 fully saturated rings. The third-order valence-corrected chi connectivity index (χ3v) is 8.70. The molecule has 0 aliphatic heterocycles. The van der Waals surface area contributed by atoms with E-state index < -0.39 is 11.9 Å². The second kappa shape index (κ2) is 6.58. The Kier molecular flexibility index (Phi) is 4.54. The Hall–Kier alpha value is -1.73. The summed E-state index contributed by atoms with van der Waals surface area (Å²) in [6.45, 7) is 0. The average Bonchev–Trinajstić information content (AvgIpc) is 2.62. The molecule has 0 radical (unpaired) electrons. The van der Waals surface area contributed by atoms with E-state index in [-0.39, 0.29) is 0 Å². The van der Waals surface area contributed by atoms with Crippen LogP contribution in [0.15, 0.2) is 91.0 Å². The van der Waals surface area contributed by atoms with Crippen molar-refractivity contribution in [3.63, 3.8) is 0 Å². The Morgan fingerprint density at radius 3 is 1.41 bits per heavy atom. The zero-order chi connectivity index (χ0) is 15.4. The molecule has 0 heterocycles. The van der Waals surface area contributed by atoms with Crippen molar-refractivity contribution in [2.45, 2.75) is 5.85 Å². The fourth-order valence-corrected chi connectivity index (χ4v) is 6.35. The number of benzene rings is 3. The van der Waals surface area contributed by atoms with Gasteiger partial charge in [-0.2, -0.15) is 0 Å². The highest BCUT2D eigenvalue weighted by Gasteiger charge is 2.31. The van der Waals surface area contributed by atoms with Crippen LogP contribution in [0.5, 0.6) is 0 Å². The molecule has 0 spiro atoms. The summed E-state index contributed by atoms with van der Waals surface area (Å²) in [5.74, 6) is -0.687. The largest absolute Gasteiger partial charge is 0.382 e. The van der Waals surface area contributed by atoms with Gasteiger partial charge in [-0.05, 0) is 16.2 Å². The lowest BCUT2D eigenvalue weighted by molar-refractivity contribution is 0.265. The van der Waals surface area contributed by atoms with Gasteiger partial charge in [0.05, 0.1) is 0 Å². The van der Waals surface area contributed by atoms with E-state index in [1.807, 2.05) is 91.0 Å². The summed E-state index contributed by atoms with van der Waals surface area (Å²) in [4.78, 5) is 0. The molecular formula is C19H17OPS. The number of hydrogen-bond acceptors (Lipinski definition) is 2. The van der Waals surface area contributed by atoms with Gasteiger partial charge in [0.15, 0.2) is 0 Å². The summed E-state index contributed by atoms with van der Waals surface area (Å²) in [7, 11) is 0. The summed E-state index contributed by atoms with van der Waals surface area (Å²) < 4.78 is 0. The Balaban J connectivity index is 2.18. The topological polar surface area (TPSA) is 20.2 Å². The predicted molar refractivity (Wildman–Crippen MR) is 97.8 cm³/mol. The summed E-state index contributed by atoms with van der Waals surface area (Å²) in [5, 5.41) is 13.2. The van der Waals surface area contributed by atoms with Crippen LogP contribution >= 0.6 is 6.04 Å². The van der Waals surface area contributed by atoms with Gasteiger partial charge in [0.2, 0.25) is 0 Å². The number of rotatable bonds is 4. The van der Waals surface area contributed by atoms with Gasteiger partial charge in [-0.15, -0.1) is 0 Å². The van der Waals surface area contributed by atoms with E-state index in [0.717, 1.165) is 16.2 Å². The zero-order valence-electron chi connectivity index (χ0n) is 12.0. The highest BCUT2D eigenvalue weighted by atomic mass is 32.4. The molecule has 0 saturated carbocycles. The Labute approximate surface area is 136 Å². The zero-order valence-corrected chi connectivity index (χ0v) is 13.8. The first-order chi connectivity index (χ1) is 10.7. The maximum atomic E-state index is 11.1. The summed E-state index contributed by atoms with van der Waals surface area (Å²) in [6, 6.07) is 27.4. The van der Waals surface area contributed by atoms with Crippen molar-refractivity contribution < 1.29 is 5.11 Å². The smallest absolute Gasteiger partial charge is 0.115 e. The van der Waals surface area contributed by atoms with Crippen LogP contribution in [0.3, 0.4) is 0 Å². The molecule has 0 aromatic heterocycles. The van der Waals surface area contributed by atoms with Crippen molar-refractivity contribution in [3.05, 3.63) is 96.6 Å². The average molecular weight is 324 g/mol. The van der Waals surface area contributed by atoms with E-state index >= 15 is 0 Å². The van der Waals surface area contributed by atoms with Gasteiger partial charge >= 0.3 is 0 Å². The van der Waals surface area contributed by atoms with Crippen molar-refractivity contribution in [2.75, 3.05) is 0 Å². The lowest BCUT2D eigenvalue weighted by Crippen LogP contribution is -2.21. The predicted octanol–water partition coefficient (Wildman–Crippen LogP) is 3.81. The number of aliphatic hydroxyl groups excluding tert-OH is 1. The van der Waals surface area contributed by atoms with Gasteiger partial charge < -0.3 is 5.11 Å². The van der Waals surface area contributed by atoms with Gasteiger partial charge in [-0.3, -0.25) is 0 Å². The SMILES string of the molecule is OC(c1ccccc1)P(=S)(c1ccccc1)c1ccccc1. The standard InChI is InChI=1S/C19H17OPS/c20-19(16-10-4-1-5-11-16)21(22,17-12-6-2-7-13-17)18-14-8-3-9-15-18/h1-15,19-20H. The lowest BCUT2D eigenvalue weighted by Gasteiger charge is -2.29. The molecule has 3 heteroatoms. The van der Waals surface area contributed by atoms with Gasteiger partial charge in [0.1, 0.15) is 5.85 Å². The van der Waals surface area contributed by atoms with Crippen LogP contribution in [0.1, 0.15) is 11.4 Å². The molecule has 0 bridgehead atoms. The van der Waals surface area contributed by atoms with Crippen LogP contribution in [0.25, 0.3) is 0 Å². The summed E-state index contributed by atoms with van der Waals surface area (Å²) in [6.07, 6.45) is 0. The van der Waals surface area contributed by atoms with E-state index in [2.05, 4.69) is 0 Å². The van der Waals surface area contributed by atoms with Gasteiger partial charge in [0.25, 0.3) is 0 Å². The van der Waals surface area contributed by atoms with Gasteiger partial charge in [-0.25, -0.2) is 0 Å². The molecule has 0 aliphatic carbocycles. The Bertz CT molecular complexity index is 729. The first-order valence-corrected chi connectivity index (χ1v) is 10.0. The van der Waals surface area contributed by atoms with E-state index in [9.17, 15) is 5.11 Å². The molecule has 3 rings (SSSR count). The van der Waals surface area contributed by atoms with Crippen molar-refractivity contribution in [2.24, 2.45) is 0 Å². The van der Waals surface area contributed by atoms with Crippen molar-refractivity contribution in [1.29, 1.82) is 0 Å². The molecule has 0 saturated heterocycles. The molecule has 3 aromatic rings. The maximum absolute atomic E-state index is 11.1. The van der Waals surface area contributed by atoms with E-state index in [4.69, 9.17) is 11.8 Å². The highest BCUT2D eigenvalue weighted by Crippen LogP contribution is 2.55. The molecule has 110 valence electrons. The minimum Gasteiger partial charge on any atom is -0.382 e. The van der Waals surface area contributed by atoms with Crippen molar-refractivity contribution >= 4 is 28.5 Å². The van der Waals surface area contributed by atoms with Crippen LogP contribution in [-0.2, 0) is 11.8 Å². The van der Waals surface area contributed by atoms with E-state index in [1.165, 1.54) is 0 Å². The fourth-order valence-electron chi connectivity index (χ4n) is 2.57. The molecule has 3 aromatic carbocycles. The lowest BCUT2D eigenvalue weighted by atomic mass is 10.2. The van der Waals surface area contributed by atoms with Crippen LogP contribution < -0.4 is 10.6 Å². The monoisotopic (exact) mass is 324 g/mol. The van der Waals surface area contributed by atoms with Crippen molar-refractivity contribution in [1.82, 2.24) is 0 Å². The fraction of sp³-hybridized carbons (Fsp3) is 0.0526. The third-order valence-electron chi connectivity index (χ3n) is 3.72. The molecule has 1 nitrogen and oxygen atoms in total. The number of aliphatic hydroxyl groups is 1. The molecule has 1 N–H and O–H groups in total. The van der Waals surface area contributed by atoms with Crippen LogP contribution in [0.2, 0.25) is 0 Å². The quantitative estimate of drug-likeness (QED) is 0.737. The highest BCUT2D eigenvalue weighted by molar-refractivity contribution is 8.21. The second-order valence-electron chi connectivity index (χ2n) is 5.11. The molecule has 22 heavy (non-hydrogen) atoms. The molecule has 0 aliphatic rings. The summed E-state index contributed by atoms with van der Waals surface area (Å²) >= 11 is 6.10. The molecule has 1 atom stereocenters. The minimum atomic E-state index is -2.35. The molecule has 0 amide bonds. The number of hydrogen-bond donors (Lipinski definition) is 1. The van der Waals surface area contributed by atoms with Crippen molar-refractivity contribution in [3.8, 4) is 0 Å². The van der Waals surface area contributed by atoms with Gasteiger partial charge in [0, 0.05) is 6.04 Å². The first kappa shape index (κ1) is 15.2. The second-order valence-corrected chi connectivity index (χ2v) is 9.68. The third kappa shape index (κ3) is 2.78. The summed E-state index contributed by atoms with van der Waals surface area (Å²) in [5.41, 5.74) is 0.874. The molecule has 1 unspecified atom stereocenters. The van der Waals surface area contributed by atoms with Crippen LogP contribution in [0, 0.1) is 0 Å². The Morgan fingerprint density at radius 1 is 0.636 bits per heavy atom. The Morgan fingerprint density at radius 2 is 1.00 bits per heavy atom. The molecular weight excluding hydrogens is 307 g/mol. The maximum Gasteiger partial charge on any atom is 0.115 e. The minimum absolute atomic E-state index is 0.687. The first-order valence-electron chi connectivity index (χ1n) is 7.17. The van der Waals surface area contributed by atoms with Crippen LogP contribution in [0.4, 0.5) is 0 Å².